The lowest BCUT2D eigenvalue weighted by molar-refractivity contribution is -0.123. The lowest BCUT2D eigenvalue weighted by atomic mass is 10.0. The van der Waals surface area contributed by atoms with E-state index >= 15 is 0 Å². The van der Waals surface area contributed by atoms with Crippen molar-refractivity contribution in [1.82, 2.24) is 10.6 Å². The van der Waals surface area contributed by atoms with E-state index in [-0.39, 0.29) is 18.0 Å². The van der Waals surface area contributed by atoms with Crippen molar-refractivity contribution < 1.29 is 4.79 Å². The van der Waals surface area contributed by atoms with Gasteiger partial charge in [0, 0.05) is 12.6 Å². The summed E-state index contributed by atoms with van der Waals surface area (Å²) in [5, 5.41) is 6.50. The van der Waals surface area contributed by atoms with Crippen molar-refractivity contribution in [2.24, 2.45) is 0 Å². The van der Waals surface area contributed by atoms with E-state index in [0.29, 0.717) is 0 Å². The van der Waals surface area contributed by atoms with Crippen LogP contribution in [-0.2, 0) is 4.79 Å². The molecule has 2 rings (SSSR count). The normalized spacial score (nSPS) is 21.6. The summed E-state index contributed by atoms with van der Waals surface area (Å²) < 4.78 is 0. The number of rotatable bonds is 4. The van der Waals surface area contributed by atoms with Gasteiger partial charge >= 0.3 is 0 Å². The zero-order chi connectivity index (χ0) is 13.7. The van der Waals surface area contributed by atoms with E-state index in [1.54, 1.807) is 0 Å². The molecule has 2 N–H and O–H groups in total. The molecule has 1 aliphatic heterocycles. The molecule has 0 aliphatic carbocycles. The van der Waals surface area contributed by atoms with Gasteiger partial charge in [0.1, 0.15) is 0 Å². The number of carbonyl (C=O) groups is 1. The highest BCUT2D eigenvalue weighted by atomic mass is 16.2. The maximum atomic E-state index is 12.0. The highest BCUT2D eigenvalue weighted by Crippen LogP contribution is 2.19. The molecule has 1 heterocycles. The summed E-state index contributed by atoms with van der Waals surface area (Å²) in [4.78, 5) is 12.0. The van der Waals surface area contributed by atoms with E-state index in [1.807, 2.05) is 0 Å². The van der Waals surface area contributed by atoms with Crippen LogP contribution < -0.4 is 10.6 Å². The van der Waals surface area contributed by atoms with Crippen molar-refractivity contribution in [3.8, 4) is 0 Å². The Balaban J connectivity index is 2.05. The van der Waals surface area contributed by atoms with Crippen LogP contribution in [0, 0.1) is 6.92 Å². The predicted molar refractivity (Wildman–Crippen MR) is 78.0 cm³/mol. The average molecular weight is 260 g/mol. The van der Waals surface area contributed by atoms with Crippen LogP contribution in [0.4, 0.5) is 0 Å². The Morgan fingerprint density at radius 3 is 2.74 bits per heavy atom. The van der Waals surface area contributed by atoms with Gasteiger partial charge in [0.2, 0.25) is 5.91 Å². The fraction of sp³-hybridized carbons (Fsp3) is 0.562. The second-order valence-corrected chi connectivity index (χ2v) is 5.38. The van der Waals surface area contributed by atoms with Crippen LogP contribution in [0.25, 0.3) is 0 Å². The zero-order valence-electron chi connectivity index (χ0n) is 11.9. The quantitative estimate of drug-likeness (QED) is 0.874. The molecule has 1 fully saturated rings. The molecular weight excluding hydrogens is 236 g/mol. The van der Waals surface area contributed by atoms with Crippen molar-refractivity contribution in [2.45, 2.75) is 51.6 Å². The van der Waals surface area contributed by atoms with Crippen LogP contribution >= 0.6 is 0 Å². The Bertz CT molecular complexity index is 413. The minimum atomic E-state index is -0.0475. The molecule has 1 saturated heterocycles. The van der Waals surface area contributed by atoms with E-state index in [2.05, 4.69) is 48.7 Å². The Morgan fingerprint density at radius 1 is 1.32 bits per heavy atom. The molecule has 1 amide bonds. The number of benzene rings is 1. The van der Waals surface area contributed by atoms with Crippen molar-refractivity contribution in [1.29, 1.82) is 0 Å². The standard InChI is InChI=1S/C16H24N2O/c1-3-14(13-9-7-12(2)8-10-13)18-15-6-4-5-11-17-16(15)19/h7-10,14-15,18H,3-6,11H2,1-2H3,(H,17,19). The molecule has 2 atom stereocenters. The molecule has 3 nitrogen and oxygen atoms in total. The van der Waals surface area contributed by atoms with Gasteiger partial charge in [-0.25, -0.2) is 0 Å². The zero-order valence-corrected chi connectivity index (χ0v) is 11.9. The first-order chi connectivity index (χ1) is 9.20. The molecular formula is C16H24N2O. The minimum Gasteiger partial charge on any atom is -0.355 e. The van der Waals surface area contributed by atoms with Crippen LogP contribution in [0.3, 0.4) is 0 Å². The summed E-state index contributed by atoms with van der Waals surface area (Å²) in [6.45, 7) is 5.07. The molecule has 19 heavy (non-hydrogen) atoms. The molecule has 2 unspecified atom stereocenters. The SMILES string of the molecule is CCC(NC1CCCCNC1=O)c1ccc(C)cc1. The first-order valence-corrected chi connectivity index (χ1v) is 7.31. The van der Waals surface area contributed by atoms with Gasteiger partial charge in [-0.05, 0) is 38.2 Å². The van der Waals surface area contributed by atoms with Crippen molar-refractivity contribution in [2.75, 3.05) is 6.54 Å². The third-order valence-corrected chi connectivity index (χ3v) is 3.83. The topological polar surface area (TPSA) is 41.1 Å². The van der Waals surface area contributed by atoms with Crippen LogP contribution in [0.5, 0.6) is 0 Å². The van der Waals surface area contributed by atoms with E-state index in [4.69, 9.17) is 0 Å². The van der Waals surface area contributed by atoms with Crippen molar-refractivity contribution >= 4 is 5.91 Å². The summed E-state index contributed by atoms with van der Waals surface area (Å²) in [6, 6.07) is 8.79. The molecule has 0 radical (unpaired) electrons. The van der Waals surface area contributed by atoms with E-state index < -0.39 is 0 Å². The molecule has 0 saturated carbocycles. The first kappa shape index (κ1) is 14.1. The van der Waals surface area contributed by atoms with Gasteiger partial charge < -0.3 is 5.32 Å². The summed E-state index contributed by atoms with van der Waals surface area (Å²) >= 11 is 0. The summed E-state index contributed by atoms with van der Waals surface area (Å²) in [7, 11) is 0. The Hall–Kier alpha value is -1.35. The fourth-order valence-electron chi connectivity index (χ4n) is 2.59. The van der Waals surface area contributed by atoms with Gasteiger partial charge in [-0.1, -0.05) is 36.8 Å². The maximum Gasteiger partial charge on any atom is 0.237 e. The molecule has 1 aromatic carbocycles. The highest BCUT2D eigenvalue weighted by molar-refractivity contribution is 5.81. The summed E-state index contributed by atoms with van der Waals surface area (Å²) in [5.41, 5.74) is 2.54. The van der Waals surface area contributed by atoms with Gasteiger partial charge in [-0.2, -0.15) is 0 Å². The van der Waals surface area contributed by atoms with Gasteiger partial charge in [0.15, 0.2) is 0 Å². The minimum absolute atomic E-state index is 0.0475. The highest BCUT2D eigenvalue weighted by Gasteiger charge is 2.23. The molecule has 1 aliphatic rings. The number of carbonyl (C=O) groups excluding carboxylic acids is 1. The molecule has 0 spiro atoms. The summed E-state index contributed by atoms with van der Waals surface area (Å²) in [5.74, 6) is 0.156. The Morgan fingerprint density at radius 2 is 2.05 bits per heavy atom. The number of hydrogen-bond donors (Lipinski definition) is 2. The lowest BCUT2D eigenvalue weighted by Crippen LogP contribution is -2.44. The molecule has 3 heteroatoms. The Labute approximate surface area is 115 Å². The van der Waals surface area contributed by atoms with Gasteiger partial charge in [-0.3, -0.25) is 10.1 Å². The smallest absolute Gasteiger partial charge is 0.237 e. The van der Waals surface area contributed by atoms with Crippen LogP contribution in [0.15, 0.2) is 24.3 Å². The molecule has 0 bridgehead atoms. The number of hydrogen-bond acceptors (Lipinski definition) is 2. The van der Waals surface area contributed by atoms with Gasteiger partial charge in [0.25, 0.3) is 0 Å². The van der Waals surface area contributed by atoms with Crippen LogP contribution in [0.1, 0.15) is 49.8 Å². The van der Waals surface area contributed by atoms with Crippen LogP contribution in [-0.4, -0.2) is 18.5 Å². The first-order valence-electron chi connectivity index (χ1n) is 7.31. The predicted octanol–water partition coefficient (Wildman–Crippen LogP) is 2.70. The second-order valence-electron chi connectivity index (χ2n) is 5.38. The van der Waals surface area contributed by atoms with Crippen molar-refractivity contribution in [3.05, 3.63) is 35.4 Å². The molecule has 0 aromatic heterocycles. The average Bonchev–Trinajstić information content (AvgIpc) is 2.62. The number of nitrogens with one attached hydrogen (secondary N) is 2. The molecule has 104 valence electrons. The van der Waals surface area contributed by atoms with E-state index in [0.717, 1.165) is 32.2 Å². The summed E-state index contributed by atoms with van der Waals surface area (Å²) in [6.07, 6.45) is 4.13. The number of amides is 1. The number of aryl methyl sites for hydroxylation is 1. The van der Waals surface area contributed by atoms with E-state index in [1.165, 1.54) is 11.1 Å². The monoisotopic (exact) mass is 260 g/mol. The molecule has 1 aromatic rings. The third kappa shape index (κ3) is 3.80. The van der Waals surface area contributed by atoms with Crippen LogP contribution in [0.2, 0.25) is 0 Å². The van der Waals surface area contributed by atoms with Gasteiger partial charge in [-0.15, -0.1) is 0 Å². The lowest BCUT2D eigenvalue weighted by Gasteiger charge is -2.23. The van der Waals surface area contributed by atoms with Crippen molar-refractivity contribution in [3.63, 3.8) is 0 Å². The maximum absolute atomic E-state index is 12.0. The van der Waals surface area contributed by atoms with Gasteiger partial charge in [0.05, 0.1) is 6.04 Å². The second kappa shape index (κ2) is 6.71. The van der Waals surface area contributed by atoms with E-state index in [9.17, 15) is 4.79 Å². The third-order valence-electron chi connectivity index (χ3n) is 3.83. The Kier molecular flexibility index (Phi) is 4.97. The fourth-order valence-corrected chi connectivity index (χ4v) is 2.59. The largest absolute Gasteiger partial charge is 0.355 e.